The maximum Gasteiger partial charge on any atom is 0.0702 e. The van der Waals surface area contributed by atoms with E-state index in [1.54, 1.807) is 0 Å². The van der Waals surface area contributed by atoms with Crippen LogP contribution in [0.1, 0.15) is 19.3 Å². The second kappa shape index (κ2) is 3.73. The molecule has 0 aromatic heterocycles. The van der Waals surface area contributed by atoms with Crippen LogP contribution in [0.15, 0.2) is 0 Å². The topological polar surface area (TPSA) is 32.7 Å². The van der Waals surface area contributed by atoms with E-state index in [0.29, 0.717) is 6.10 Å². The van der Waals surface area contributed by atoms with Gasteiger partial charge in [0.2, 0.25) is 0 Å². The number of β-amino-alcohol motifs (C(OH)–C–C–N with tert-alkyl or cyclic N) is 1. The van der Waals surface area contributed by atoms with Crippen LogP contribution < -0.4 is 0 Å². The molecule has 3 nitrogen and oxygen atoms in total. The predicted octanol–water partition coefficient (Wildman–Crippen LogP) is 0.232. The van der Waals surface area contributed by atoms with Gasteiger partial charge in [0, 0.05) is 26.2 Å². The number of nitrogens with zero attached hydrogens (tertiary/aromatic N) is 1. The molecule has 0 unspecified atom stereocenters. The summed E-state index contributed by atoms with van der Waals surface area (Å²) in [5.41, 5.74) is 0. The summed E-state index contributed by atoms with van der Waals surface area (Å²) in [6.45, 7) is 3.85. The van der Waals surface area contributed by atoms with E-state index < -0.39 is 0 Å². The Bertz CT molecular complexity index is 145. The van der Waals surface area contributed by atoms with Crippen molar-refractivity contribution in [3.63, 3.8) is 0 Å². The van der Waals surface area contributed by atoms with E-state index >= 15 is 0 Å². The average molecular weight is 171 g/mol. The standard InChI is InChI=1S/C9H17NO2/c11-8-3-4-10(6-8)7-9-2-1-5-12-9/h8-9,11H,1-7H2/t8-,9+/m1/s1. The summed E-state index contributed by atoms with van der Waals surface area (Å²) < 4.78 is 5.53. The van der Waals surface area contributed by atoms with Gasteiger partial charge in [0.25, 0.3) is 0 Å². The Hall–Kier alpha value is -0.120. The van der Waals surface area contributed by atoms with Gasteiger partial charge in [-0.25, -0.2) is 0 Å². The molecule has 2 aliphatic heterocycles. The van der Waals surface area contributed by atoms with Gasteiger partial charge in [0.1, 0.15) is 0 Å². The third kappa shape index (κ3) is 1.97. The van der Waals surface area contributed by atoms with Crippen LogP contribution in [0, 0.1) is 0 Å². The Balaban J connectivity index is 1.72. The molecule has 0 bridgehead atoms. The van der Waals surface area contributed by atoms with E-state index in [0.717, 1.165) is 32.7 Å². The number of aliphatic hydroxyl groups is 1. The summed E-state index contributed by atoms with van der Waals surface area (Å²) in [5.74, 6) is 0. The van der Waals surface area contributed by atoms with Gasteiger partial charge in [0.15, 0.2) is 0 Å². The molecule has 70 valence electrons. The summed E-state index contributed by atoms with van der Waals surface area (Å²) in [7, 11) is 0. The summed E-state index contributed by atoms with van der Waals surface area (Å²) in [6, 6.07) is 0. The first-order chi connectivity index (χ1) is 5.84. The zero-order valence-corrected chi connectivity index (χ0v) is 7.41. The Morgan fingerprint density at radius 2 is 2.33 bits per heavy atom. The smallest absolute Gasteiger partial charge is 0.0702 e. The lowest BCUT2D eigenvalue weighted by Gasteiger charge is -2.18. The molecule has 0 amide bonds. The molecule has 2 rings (SSSR count). The number of aliphatic hydroxyl groups excluding tert-OH is 1. The van der Waals surface area contributed by atoms with Gasteiger partial charge < -0.3 is 9.84 Å². The van der Waals surface area contributed by atoms with Gasteiger partial charge in [-0.3, -0.25) is 4.90 Å². The molecule has 1 N–H and O–H groups in total. The van der Waals surface area contributed by atoms with E-state index in [4.69, 9.17) is 4.74 Å². The molecule has 3 heteroatoms. The number of hydrogen-bond acceptors (Lipinski definition) is 3. The van der Waals surface area contributed by atoms with Gasteiger partial charge >= 0.3 is 0 Å². The van der Waals surface area contributed by atoms with E-state index in [2.05, 4.69) is 4.90 Å². The van der Waals surface area contributed by atoms with Gasteiger partial charge in [0.05, 0.1) is 12.2 Å². The maximum atomic E-state index is 9.29. The Kier molecular flexibility index (Phi) is 2.63. The minimum atomic E-state index is -0.0913. The largest absolute Gasteiger partial charge is 0.392 e. The lowest BCUT2D eigenvalue weighted by Crippen LogP contribution is -2.30. The highest BCUT2D eigenvalue weighted by Crippen LogP contribution is 2.16. The highest BCUT2D eigenvalue weighted by molar-refractivity contribution is 4.78. The van der Waals surface area contributed by atoms with Gasteiger partial charge in [-0.05, 0) is 19.3 Å². The van der Waals surface area contributed by atoms with Gasteiger partial charge in [-0.15, -0.1) is 0 Å². The summed E-state index contributed by atoms with van der Waals surface area (Å²) in [4.78, 5) is 2.31. The van der Waals surface area contributed by atoms with Crippen molar-refractivity contribution in [3.8, 4) is 0 Å². The van der Waals surface area contributed by atoms with E-state index in [1.165, 1.54) is 12.8 Å². The van der Waals surface area contributed by atoms with Crippen LogP contribution in [-0.2, 0) is 4.74 Å². The average Bonchev–Trinajstić information content (AvgIpc) is 2.63. The van der Waals surface area contributed by atoms with E-state index in [9.17, 15) is 5.11 Å². The van der Waals surface area contributed by atoms with Crippen LogP contribution in [0.2, 0.25) is 0 Å². The first kappa shape index (κ1) is 8.48. The first-order valence-electron chi connectivity index (χ1n) is 4.86. The molecule has 2 fully saturated rings. The van der Waals surface area contributed by atoms with E-state index in [1.807, 2.05) is 0 Å². The monoisotopic (exact) mass is 171 g/mol. The molecule has 12 heavy (non-hydrogen) atoms. The molecule has 0 spiro atoms. The fourth-order valence-corrected chi connectivity index (χ4v) is 2.05. The van der Waals surface area contributed by atoms with Crippen molar-refractivity contribution in [3.05, 3.63) is 0 Å². The fourth-order valence-electron chi connectivity index (χ4n) is 2.05. The van der Waals surface area contributed by atoms with Crippen molar-refractivity contribution >= 4 is 0 Å². The predicted molar refractivity (Wildman–Crippen MR) is 46.0 cm³/mol. The normalized spacial score (nSPS) is 37.8. The first-order valence-corrected chi connectivity index (χ1v) is 4.86. The molecule has 2 heterocycles. The van der Waals surface area contributed by atoms with Crippen LogP contribution in [0.4, 0.5) is 0 Å². The van der Waals surface area contributed by atoms with Crippen molar-refractivity contribution in [2.75, 3.05) is 26.2 Å². The molecular formula is C9H17NO2. The summed E-state index contributed by atoms with van der Waals surface area (Å²) in [5, 5.41) is 9.29. The lowest BCUT2D eigenvalue weighted by molar-refractivity contribution is 0.0755. The Morgan fingerprint density at radius 3 is 2.92 bits per heavy atom. The lowest BCUT2D eigenvalue weighted by atomic mass is 10.2. The molecule has 0 aromatic carbocycles. The van der Waals surface area contributed by atoms with Crippen LogP contribution >= 0.6 is 0 Å². The quantitative estimate of drug-likeness (QED) is 0.645. The SMILES string of the molecule is O[C@@H]1CCN(C[C@@H]2CCCO2)C1. The third-order valence-electron chi connectivity index (χ3n) is 2.73. The summed E-state index contributed by atoms with van der Waals surface area (Å²) in [6.07, 6.45) is 3.70. The molecule has 0 radical (unpaired) electrons. The molecular weight excluding hydrogens is 154 g/mol. The zero-order valence-electron chi connectivity index (χ0n) is 7.41. The second-order valence-corrected chi connectivity index (χ2v) is 3.84. The third-order valence-corrected chi connectivity index (χ3v) is 2.73. The van der Waals surface area contributed by atoms with Crippen molar-refractivity contribution in [1.82, 2.24) is 4.90 Å². The molecule has 2 saturated heterocycles. The van der Waals surface area contributed by atoms with Crippen molar-refractivity contribution in [2.45, 2.75) is 31.5 Å². The molecule has 0 aliphatic carbocycles. The highest BCUT2D eigenvalue weighted by Gasteiger charge is 2.24. The molecule has 2 atom stereocenters. The highest BCUT2D eigenvalue weighted by atomic mass is 16.5. The molecule has 0 saturated carbocycles. The maximum absolute atomic E-state index is 9.29. The number of ether oxygens (including phenoxy) is 1. The number of likely N-dealkylation sites (tertiary alicyclic amines) is 1. The Morgan fingerprint density at radius 1 is 1.42 bits per heavy atom. The minimum Gasteiger partial charge on any atom is -0.392 e. The fraction of sp³-hybridized carbons (Fsp3) is 1.00. The van der Waals surface area contributed by atoms with Crippen molar-refractivity contribution in [1.29, 1.82) is 0 Å². The summed E-state index contributed by atoms with van der Waals surface area (Å²) >= 11 is 0. The Labute approximate surface area is 73.3 Å². The second-order valence-electron chi connectivity index (χ2n) is 3.84. The van der Waals surface area contributed by atoms with Crippen LogP contribution in [-0.4, -0.2) is 48.5 Å². The zero-order chi connectivity index (χ0) is 8.39. The van der Waals surface area contributed by atoms with Crippen LogP contribution in [0.5, 0.6) is 0 Å². The molecule has 2 aliphatic rings. The molecule has 0 aromatic rings. The number of hydrogen-bond donors (Lipinski definition) is 1. The van der Waals surface area contributed by atoms with Crippen LogP contribution in [0.3, 0.4) is 0 Å². The van der Waals surface area contributed by atoms with Crippen molar-refractivity contribution < 1.29 is 9.84 Å². The van der Waals surface area contributed by atoms with Gasteiger partial charge in [-0.1, -0.05) is 0 Å². The number of rotatable bonds is 2. The van der Waals surface area contributed by atoms with Gasteiger partial charge in [-0.2, -0.15) is 0 Å². The van der Waals surface area contributed by atoms with Crippen LogP contribution in [0.25, 0.3) is 0 Å². The van der Waals surface area contributed by atoms with E-state index in [-0.39, 0.29) is 6.10 Å². The van der Waals surface area contributed by atoms with Crippen molar-refractivity contribution in [2.24, 2.45) is 0 Å². The minimum absolute atomic E-state index is 0.0913.